The van der Waals surface area contributed by atoms with Crippen molar-refractivity contribution in [2.24, 2.45) is 0 Å². The Morgan fingerprint density at radius 3 is 0.925 bits per heavy atom. The smallest absolute Gasteiger partial charge is 0.324 e. The minimum Gasteiger partial charge on any atom is -0.371 e. The van der Waals surface area contributed by atoms with Crippen LogP contribution in [0, 0.1) is 0 Å². The normalized spacial score (nSPS) is 11.3. The van der Waals surface area contributed by atoms with E-state index >= 15 is 0 Å². The van der Waals surface area contributed by atoms with E-state index in [4.69, 9.17) is 4.84 Å². The molecular formula is C37H75NO2. The van der Waals surface area contributed by atoms with Crippen LogP contribution in [0.1, 0.15) is 226 Å². The third kappa shape index (κ3) is 35.5. The van der Waals surface area contributed by atoms with Gasteiger partial charge < -0.3 is 4.84 Å². The van der Waals surface area contributed by atoms with Crippen LogP contribution in [0.3, 0.4) is 0 Å². The summed E-state index contributed by atoms with van der Waals surface area (Å²) in [5.41, 5.74) is 2.89. The monoisotopic (exact) mass is 566 g/mol. The molecule has 3 heteroatoms. The summed E-state index contributed by atoms with van der Waals surface area (Å²) in [4.78, 5) is 17.1. The van der Waals surface area contributed by atoms with E-state index in [1.165, 1.54) is 186 Å². The number of unbranched alkanes of at least 4 members (excludes halogenated alkanes) is 30. The summed E-state index contributed by atoms with van der Waals surface area (Å²) >= 11 is 0. The lowest BCUT2D eigenvalue weighted by molar-refractivity contribution is -0.151. The van der Waals surface area contributed by atoms with Crippen LogP contribution < -0.4 is 5.48 Å². The van der Waals surface area contributed by atoms with Gasteiger partial charge in [-0.25, -0.2) is 0 Å². The second-order valence-corrected chi connectivity index (χ2v) is 12.7. The van der Waals surface area contributed by atoms with Crippen LogP contribution in [0.15, 0.2) is 0 Å². The van der Waals surface area contributed by atoms with E-state index in [1.54, 1.807) is 0 Å². The van der Waals surface area contributed by atoms with Gasteiger partial charge in [0, 0.05) is 13.0 Å². The van der Waals surface area contributed by atoms with Gasteiger partial charge in [-0.05, 0) is 12.8 Å². The third-order valence-electron chi connectivity index (χ3n) is 8.55. The van der Waals surface area contributed by atoms with Crippen molar-refractivity contribution >= 4 is 5.97 Å². The molecule has 0 aliphatic rings. The number of carbonyl (C=O) groups excluding carboxylic acids is 1. The van der Waals surface area contributed by atoms with Gasteiger partial charge in [-0.2, -0.15) is 5.48 Å². The zero-order chi connectivity index (χ0) is 29.0. The van der Waals surface area contributed by atoms with Crippen molar-refractivity contribution in [1.29, 1.82) is 0 Å². The predicted octanol–water partition coefficient (Wildman–Crippen LogP) is 12.9. The van der Waals surface area contributed by atoms with E-state index in [2.05, 4.69) is 19.3 Å². The van der Waals surface area contributed by atoms with Gasteiger partial charge in [0.15, 0.2) is 0 Å². The van der Waals surface area contributed by atoms with Crippen LogP contribution in [-0.2, 0) is 9.63 Å². The Balaban J connectivity index is 3.14. The topological polar surface area (TPSA) is 38.3 Å². The van der Waals surface area contributed by atoms with Gasteiger partial charge in [-0.3, -0.25) is 4.79 Å². The minimum atomic E-state index is -0.0816. The van der Waals surface area contributed by atoms with Crippen molar-refractivity contribution in [3.05, 3.63) is 0 Å². The van der Waals surface area contributed by atoms with Crippen molar-refractivity contribution in [1.82, 2.24) is 5.48 Å². The molecule has 3 nitrogen and oxygen atoms in total. The first kappa shape index (κ1) is 39.4. The molecule has 0 unspecified atom stereocenters. The fraction of sp³-hybridized carbons (Fsp3) is 0.973. The summed E-state index contributed by atoms with van der Waals surface area (Å²) in [6.07, 6.45) is 44.4. The highest BCUT2D eigenvalue weighted by atomic mass is 16.7. The molecule has 0 aromatic heterocycles. The zero-order valence-corrected chi connectivity index (χ0v) is 27.9. The summed E-state index contributed by atoms with van der Waals surface area (Å²) in [6, 6.07) is 0. The first-order chi connectivity index (χ1) is 19.8. The van der Waals surface area contributed by atoms with Gasteiger partial charge in [0.25, 0.3) is 0 Å². The number of nitrogens with one attached hydrogen (secondary N) is 1. The zero-order valence-electron chi connectivity index (χ0n) is 27.9. The summed E-state index contributed by atoms with van der Waals surface area (Å²) in [7, 11) is 0. The first-order valence-corrected chi connectivity index (χ1v) is 18.7. The average Bonchev–Trinajstić information content (AvgIpc) is 2.96. The van der Waals surface area contributed by atoms with Crippen LogP contribution in [0.5, 0.6) is 0 Å². The molecule has 40 heavy (non-hydrogen) atoms. The number of hydroxylamine groups is 1. The third-order valence-corrected chi connectivity index (χ3v) is 8.55. The summed E-state index contributed by atoms with van der Waals surface area (Å²) in [5.74, 6) is -0.0816. The lowest BCUT2D eigenvalue weighted by atomic mass is 10.0. The quantitative estimate of drug-likeness (QED) is 0.0613. The van der Waals surface area contributed by atoms with Crippen molar-refractivity contribution in [2.45, 2.75) is 226 Å². The van der Waals surface area contributed by atoms with Crippen molar-refractivity contribution < 1.29 is 9.63 Å². The Morgan fingerprint density at radius 2 is 0.625 bits per heavy atom. The van der Waals surface area contributed by atoms with Crippen molar-refractivity contribution in [3.8, 4) is 0 Å². The predicted molar refractivity (Wildman–Crippen MR) is 178 cm³/mol. The fourth-order valence-corrected chi connectivity index (χ4v) is 5.75. The summed E-state index contributed by atoms with van der Waals surface area (Å²) < 4.78 is 0. The molecule has 0 radical (unpaired) electrons. The van der Waals surface area contributed by atoms with Crippen LogP contribution in [-0.4, -0.2) is 12.5 Å². The Kier molecular flexibility index (Phi) is 35.9. The van der Waals surface area contributed by atoms with Gasteiger partial charge in [0.1, 0.15) is 0 Å². The molecule has 0 rings (SSSR count). The van der Waals surface area contributed by atoms with Gasteiger partial charge in [-0.15, -0.1) is 0 Å². The van der Waals surface area contributed by atoms with Crippen LogP contribution in [0.25, 0.3) is 0 Å². The van der Waals surface area contributed by atoms with Crippen molar-refractivity contribution in [3.63, 3.8) is 0 Å². The molecule has 0 heterocycles. The first-order valence-electron chi connectivity index (χ1n) is 18.7. The molecule has 240 valence electrons. The summed E-state index contributed by atoms with van der Waals surface area (Å²) in [6.45, 7) is 5.38. The van der Waals surface area contributed by atoms with E-state index in [9.17, 15) is 4.79 Å². The molecule has 0 saturated carbocycles. The molecule has 0 atom stereocenters. The molecule has 0 saturated heterocycles. The van der Waals surface area contributed by atoms with E-state index in [0.29, 0.717) is 6.42 Å². The Morgan fingerprint density at radius 1 is 0.375 bits per heavy atom. The maximum Gasteiger partial charge on any atom is 0.324 e. The highest BCUT2D eigenvalue weighted by Crippen LogP contribution is 2.15. The molecule has 1 N–H and O–H groups in total. The molecule has 0 amide bonds. The van der Waals surface area contributed by atoms with Crippen molar-refractivity contribution in [2.75, 3.05) is 6.54 Å². The lowest BCUT2D eigenvalue weighted by Crippen LogP contribution is -2.20. The Bertz CT molecular complexity index is 467. The molecule has 0 fully saturated rings. The van der Waals surface area contributed by atoms with E-state index in [0.717, 1.165) is 25.8 Å². The fourth-order valence-electron chi connectivity index (χ4n) is 5.75. The van der Waals surface area contributed by atoms with Gasteiger partial charge in [-0.1, -0.05) is 206 Å². The SMILES string of the molecule is CCCCCCCCCCCCCCCCCCNOC(=O)CCCCCCCCCCCCCCCCCC. The second kappa shape index (κ2) is 36.5. The molecule has 0 aromatic carbocycles. The largest absolute Gasteiger partial charge is 0.371 e. The van der Waals surface area contributed by atoms with Crippen LogP contribution in [0.2, 0.25) is 0 Å². The second-order valence-electron chi connectivity index (χ2n) is 12.7. The standard InChI is InChI=1S/C37H75NO2/c1-3-5-7-9-11-13-15-17-19-21-23-25-27-29-31-33-35-37(39)40-38-36-34-32-30-28-26-24-22-20-18-16-14-12-10-8-6-4-2/h38H,3-36H2,1-2H3. The molecule has 0 aliphatic heterocycles. The van der Waals surface area contributed by atoms with E-state index in [-0.39, 0.29) is 5.97 Å². The minimum absolute atomic E-state index is 0.0816. The van der Waals surface area contributed by atoms with Crippen LogP contribution >= 0.6 is 0 Å². The number of hydrogen-bond donors (Lipinski definition) is 1. The Hall–Kier alpha value is -0.570. The molecule has 0 aliphatic carbocycles. The maximum absolute atomic E-state index is 11.9. The van der Waals surface area contributed by atoms with Gasteiger partial charge in [0.05, 0.1) is 0 Å². The van der Waals surface area contributed by atoms with Crippen LogP contribution in [0.4, 0.5) is 0 Å². The Labute approximate surface area is 253 Å². The highest BCUT2D eigenvalue weighted by Gasteiger charge is 2.03. The molecular weight excluding hydrogens is 490 g/mol. The van der Waals surface area contributed by atoms with E-state index in [1.807, 2.05) is 0 Å². The van der Waals surface area contributed by atoms with Gasteiger partial charge >= 0.3 is 5.97 Å². The van der Waals surface area contributed by atoms with Gasteiger partial charge in [0.2, 0.25) is 0 Å². The average molecular weight is 566 g/mol. The highest BCUT2D eigenvalue weighted by molar-refractivity contribution is 5.68. The number of carbonyl (C=O) groups is 1. The van der Waals surface area contributed by atoms with E-state index < -0.39 is 0 Å². The number of hydrogen-bond acceptors (Lipinski definition) is 3. The molecule has 0 spiro atoms. The maximum atomic E-state index is 11.9. The summed E-state index contributed by atoms with van der Waals surface area (Å²) in [5, 5.41) is 0. The molecule has 0 aromatic rings. The lowest BCUT2D eigenvalue weighted by Gasteiger charge is -2.06. The number of rotatable bonds is 35. The molecule has 0 bridgehead atoms.